The molecular formula is C23H28N4O3. The van der Waals surface area contributed by atoms with Crippen molar-refractivity contribution in [3.05, 3.63) is 48.5 Å². The molecule has 30 heavy (non-hydrogen) atoms. The largest absolute Gasteiger partial charge is 0.495 e. The Bertz CT molecular complexity index is 907. The number of ether oxygens (including phenoxy) is 1. The number of likely N-dealkylation sites (N-methyl/N-ethyl adjacent to an activating group) is 1. The van der Waals surface area contributed by atoms with E-state index in [9.17, 15) is 9.59 Å². The third-order valence-corrected chi connectivity index (χ3v) is 5.88. The highest BCUT2D eigenvalue weighted by Crippen LogP contribution is 2.33. The molecule has 2 fully saturated rings. The van der Waals surface area contributed by atoms with Crippen LogP contribution in [0.1, 0.15) is 6.42 Å². The molecule has 0 bridgehead atoms. The van der Waals surface area contributed by atoms with E-state index in [2.05, 4.69) is 22.2 Å². The molecule has 7 nitrogen and oxygen atoms in total. The van der Waals surface area contributed by atoms with Gasteiger partial charge in [-0.05, 0) is 43.4 Å². The van der Waals surface area contributed by atoms with Crippen LogP contribution in [0.4, 0.5) is 17.1 Å². The van der Waals surface area contributed by atoms with Gasteiger partial charge in [0.1, 0.15) is 5.75 Å². The van der Waals surface area contributed by atoms with Crippen molar-refractivity contribution >= 4 is 28.9 Å². The van der Waals surface area contributed by atoms with Crippen molar-refractivity contribution in [3.8, 4) is 5.75 Å². The summed E-state index contributed by atoms with van der Waals surface area (Å²) in [4.78, 5) is 31.6. The van der Waals surface area contributed by atoms with E-state index in [1.165, 1.54) is 5.69 Å². The van der Waals surface area contributed by atoms with E-state index in [1.807, 2.05) is 48.5 Å². The number of hydrogen-bond donors (Lipinski definition) is 1. The van der Waals surface area contributed by atoms with Gasteiger partial charge in [0.15, 0.2) is 0 Å². The lowest BCUT2D eigenvalue weighted by molar-refractivity contribution is -0.122. The molecule has 0 radical (unpaired) electrons. The number of rotatable bonds is 5. The summed E-state index contributed by atoms with van der Waals surface area (Å²) in [5, 5.41) is 2.97. The van der Waals surface area contributed by atoms with Gasteiger partial charge in [-0.1, -0.05) is 12.1 Å². The fourth-order valence-electron chi connectivity index (χ4n) is 4.03. The van der Waals surface area contributed by atoms with Crippen LogP contribution in [0.5, 0.6) is 5.75 Å². The predicted molar refractivity (Wildman–Crippen MR) is 118 cm³/mol. The summed E-state index contributed by atoms with van der Waals surface area (Å²) in [6.45, 7) is 4.47. The Hall–Kier alpha value is -3.06. The first kappa shape index (κ1) is 20.2. The third kappa shape index (κ3) is 4.26. The van der Waals surface area contributed by atoms with E-state index in [0.717, 1.165) is 31.9 Å². The van der Waals surface area contributed by atoms with Crippen molar-refractivity contribution in [1.29, 1.82) is 0 Å². The van der Waals surface area contributed by atoms with Gasteiger partial charge < -0.3 is 24.8 Å². The number of para-hydroxylation sites is 2. The molecule has 2 aromatic rings. The lowest BCUT2D eigenvalue weighted by Crippen LogP contribution is -2.44. The molecule has 2 aromatic carbocycles. The molecule has 0 aromatic heterocycles. The second-order valence-electron chi connectivity index (χ2n) is 7.90. The highest BCUT2D eigenvalue weighted by atomic mass is 16.5. The Kier molecular flexibility index (Phi) is 5.90. The second kappa shape index (κ2) is 8.75. The van der Waals surface area contributed by atoms with Gasteiger partial charge in [0.2, 0.25) is 11.8 Å². The molecule has 1 atom stereocenters. The highest BCUT2D eigenvalue weighted by molar-refractivity contribution is 6.04. The van der Waals surface area contributed by atoms with Crippen LogP contribution in [0.25, 0.3) is 0 Å². The third-order valence-electron chi connectivity index (χ3n) is 5.88. The minimum absolute atomic E-state index is 0.0648. The number of carbonyl (C=O) groups is 2. The first-order valence-corrected chi connectivity index (χ1v) is 10.3. The van der Waals surface area contributed by atoms with Gasteiger partial charge in [0.05, 0.1) is 18.7 Å². The Balaban J connectivity index is 1.38. The Labute approximate surface area is 177 Å². The van der Waals surface area contributed by atoms with Gasteiger partial charge in [-0.25, -0.2) is 0 Å². The van der Waals surface area contributed by atoms with E-state index in [-0.39, 0.29) is 24.2 Å². The number of methoxy groups -OCH3 is 1. The summed E-state index contributed by atoms with van der Waals surface area (Å²) >= 11 is 0. The van der Waals surface area contributed by atoms with Crippen LogP contribution < -0.4 is 19.9 Å². The molecule has 2 amide bonds. The Morgan fingerprint density at radius 2 is 1.73 bits per heavy atom. The summed E-state index contributed by atoms with van der Waals surface area (Å²) in [7, 11) is 3.72. The zero-order chi connectivity index (χ0) is 21.1. The van der Waals surface area contributed by atoms with Crippen molar-refractivity contribution in [2.45, 2.75) is 6.42 Å². The molecule has 0 unspecified atom stereocenters. The maximum Gasteiger partial charge on any atom is 0.229 e. The maximum atomic E-state index is 12.8. The minimum Gasteiger partial charge on any atom is -0.495 e. The lowest BCUT2D eigenvalue weighted by atomic mass is 10.1. The fraction of sp³-hybridized carbons (Fsp3) is 0.391. The highest BCUT2D eigenvalue weighted by Gasteiger charge is 2.36. The number of carbonyl (C=O) groups excluding carboxylic acids is 2. The van der Waals surface area contributed by atoms with Crippen LogP contribution in [0.15, 0.2) is 48.5 Å². The molecule has 4 rings (SSSR count). The lowest BCUT2D eigenvalue weighted by Gasteiger charge is -2.34. The number of hydrogen-bond acceptors (Lipinski definition) is 5. The Morgan fingerprint density at radius 3 is 2.43 bits per heavy atom. The van der Waals surface area contributed by atoms with E-state index in [1.54, 1.807) is 12.0 Å². The summed E-state index contributed by atoms with van der Waals surface area (Å²) in [5.74, 6) is 0.0456. The quantitative estimate of drug-likeness (QED) is 0.823. The Morgan fingerprint density at radius 1 is 1.03 bits per heavy atom. The van der Waals surface area contributed by atoms with Crippen molar-refractivity contribution < 1.29 is 14.3 Å². The number of nitrogens with one attached hydrogen (secondary N) is 1. The van der Waals surface area contributed by atoms with Crippen molar-refractivity contribution in [2.24, 2.45) is 5.92 Å². The van der Waals surface area contributed by atoms with Crippen molar-refractivity contribution in [1.82, 2.24) is 4.90 Å². The van der Waals surface area contributed by atoms with Crippen molar-refractivity contribution in [2.75, 3.05) is 62.0 Å². The van der Waals surface area contributed by atoms with Gasteiger partial charge in [0, 0.05) is 50.5 Å². The van der Waals surface area contributed by atoms with Crippen molar-refractivity contribution in [3.63, 3.8) is 0 Å². The van der Waals surface area contributed by atoms with Gasteiger partial charge >= 0.3 is 0 Å². The fourth-order valence-corrected chi connectivity index (χ4v) is 4.03. The SMILES string of the molecule is COc1ccccc1N1C[C@H](C(=O)Nc2ccc(N3CCN(C)CC3)cc2)CC1=O. The molecule has 1 N–H and O–H groups in total. The normalized spacial score (nSPS) is 19.8. The smallest absolute Gasteiger partial charge is 0.229 e. The van der Waals surface area contributed by atoms with Crippen LogP contribution in [0.3, 0.4) is 0 Å². The van der Waals surface area contributed by atoms with Gasteiger partial charge in [0.25, 0.3) is 0 Å². The average molecular weight is 409 g/mol. The summed E-state index contributed by atoms with van der Waals surface area (Å²) < 4.78 is 5.36. The summed E-state index contributed by atoms with van der Waals surface area (Å²) in [5.41, 5.74) is 2.62. The number of anilines is 3. The zero-order valence-corrected chi connectivity index (χ0v) is 17.5. The van der Waals surface area contributed by atoms with Crippen LogP contribution in [-0.2, 0) is 9.59 Å². The number of piperazine rings is 1. The summed E-state index contributed by atoms with van der Waals surface area (Å²) in [6, 6.07) is 15.3. The van der Waals surface area contributed by atoms with Crippen LogP contribution >= 0.6 is 0 Å². The van der Waals surface area contributed by atoms with Crippen LogP contribution in [0.2, 0.25) is 0 Å². The molecule has 2 aliphatic rings. The van der Waals surface area contributed by atoms with Gasteiger partial charge in [-0.3, -0.25) is 9.59 Å². The minimum atomic E-state index is -0.389. The van der Waals surface area contributed by atoms with E-state index in [4.69, 9.17) is 4.74 Å². The monoisotopic (exact) mass is 408 g/mol. The van der Waals surface area contributed by atoms with E-state index in [0.29, 0.717) is 18.0 Å². The standard InChI is InChI=1S/C23H28N4O3/c1-25-11-13-26(14-12-25)19-9-7-18(8-10-19)24-23(29)17-15-22(28)27(16-17)20-5-3-4-6-21(20)30-2/h3-10,17H,11-16H2,1-2H3,(H,24,29)/t17-/m1/s1. The first-order valence-electron chi connectivity index (χ1n) is 10.3. The van der Waals surface area contributed by atoms with Gasteiger partial charge in [-0.15, -0.1) is 0 Å². The zero-order valence-electron chi connectivity index (χ0n) is 17.5. The molecule has 0 aliphatic carbocycles. The van der Waals surface area contributed by atoms with E-state index < -0.39 is 0 Å². The molecule has 0 spiro atoms. The van der Waals surface area contributed by atoms with Crippen LogP contribution in [-0.4, -0.2) is 63.6 Å². The summed E-state index contributed by atoms with van der Waals surface area (Å²) in [6.07, 6.45) is 0.198. The second-order valence-corrected chi connectivity index (χ2v) is 7.90. The molecule has 2 heterocycles. The molecule has 0 saturated carbocycles. The first-order chi connectivity index (χ1) is 14.5. The predicted octanol–water partition coefficient (Wildman–Crippen LogP) is 2.44. The molecule has 2 saturated heterocycles. The molecule has 2 aliphatic heterocycles. The number of amides is 2. The molecule has 7 heteroatoms. The maximum absolute atomic E-state index is 12.8. The number of nitrogens with zero attached hydrogens (tertiary/aromatic N) is 3. The topological polar surface area (TPSA) is 65.1 Å². The van der Waals surface area contributed by atoms with Crippen LogP contribution in [0, 0.1) is 5.92 Å². The number of benzene rings is 2. The average Bonchev–Trinajstić information content (AvgIpc) is 3.16. The molecule has 158 valence electrons. The molecular weight excluding hydrogens is 380 g/mol. The van der Waals surface area contributed by atoms with E-state index >= 15 is 0 Å². The van der Waals surface area contributed by atoms with Gasteiger partial charge in [-0.2, -0.15) is 0 Å².